The first-order valence-corrected chi connectivity index (χ1v) is 17.5. The van der Waals surface area contributed by atoms with E-state index in [1.165, 1.54) is 5.56 Å². The van der Waals surface area contributed by atoms with Crippen LogP contribution in [0.4, 0.5) is 5.69 Å². The molecule has 0 N–H and O–H groups in total. The van der Waals surface area contributed by atoms with Crippen molar-refractivity contribution in [3.63, 3.8) is 0 Å². The molecule has 0 bridgehead atoms. The Morgan fingerprint density at radius 3 is 1.72 bits per heavy atom. The third kappa shape index (κ3) is 8.74. The fraction of sp³-hybridized carbons (Fsp3) is 0.349. The van der Waals surface area contributed by atoms with Gasteiger partial charge >= 0.3 is 0 Å². The zero-order chi connectivity index (χ0) is 37.3. The Kier molecular flexibility index (Phi) is 13.5. The van der Waals surface area contributed by atoms with Crippen LogP contribution in [-0.4, -0.2) is 83.8 Å². The maximum Gasteiger partial charge on any atom is 0.203 e. The van der Waals surface area contributed by atoms with E-state index < -0.39 is 0 Å². The number of benzene rings is 3. The Hall–Kier alpha value is -5.68. The number of hydrogen-bond donors (Lipinski definition) is 0. The molecule has 286 valence electrons. The normalized spacial score (nSPS) is 13.0. The zero-order valence-electron chi connectivity index (χ0n) is 31.5. The average Bonchev–Trinajstić information content (AvgIpc) is 3.22. The molecule has 5 aromatic rings. The van der Waals surface area contributed by atoms with E-state index in [1.54, 1.807) is 49.8 Å². The van der Waals surface area contributed by atoms with Gasteiger partial charge in [-0.25, -0.2) is 0 Å². The topological polar surface area (TPSA) is 96.9 Å². The second kappa shape index (κ2) is 18.4. The number of anilines is 1. The number of pyridine rings is 2. The van der Waals surface area contributed by atoms with Crippen LogP contribution in [-0.2, 0) is 13.1 Å². The minimum Gasteiger partial charge on any atom is -0.497 e. The van der Waals surface area contributed by atoms with Gasteiger partial charge in [-0.1, -0.05) is 7.43 Å². The first kappa shape index (κ1) is 39.5. The molecule has 1 aliphatic rings. The van der Waals surface area contributed by atoms with E-state index in [0.29, 0.717) is 47.1 Å². The molecule has 0 saturated carbocycles. The standard InChI is InChI=1S/C42H48N4O7.CH4/c1-47-35-10-8-33(9-11-35)46(27-29-18-32(25-43-24-29)30-20-37(48-2)41(52-6)38(21-30)49-3)34-13-16-45(17-14-34)26-28-12-15-44-36(19-28)31-22-39(50-4)42(53-7)40(23-31)51-5;/h8-12,15,18-25,34H,13-14,16-17,26-27H2,1-7H3;1H4. The number of nitrogens with zero attached hydrogens (tertiary/aromatic N) is 4. The summed E-state index contributed by atoms with van der Waals surface area (Å²) in [6.45, 7) is 3.45. The highest BCUT2D eigenvalue weighted by molar-refractivity contribution is 5.71. The molecule has 1 fully saturated rings. The molecule has 0 unspecified atom stereocenters. The number of aromatic nitrogens is 2. The van der Waals surface area contributed by atoms with Crippen molar-refractivity contribution < 1.29 is 33.2 Å². The predicted octanol–water partition coefficient (Wildman–Crippen LogP) is 8.18. The molecule has 0 spiro atoms. The Morgan fingerprint density at radius 1 is 0.611 bits per heavy atom. The van der Waals surface area contributed by atoms with Gasteiger partial charge in [0.1, 0.15) is 5.75 Å². The summed E-state index contributed by atoms with van der Waals surface area (Å²) in [5.41, 5.74) is 7.10. The van der Waals surface area contributed by atoms with Gasteiger partial charge in [0.25, 0.3) is 0 Å². The molecule has 11 nitrogen and oxygen atoms in total. The van der Waals surface area contributed by atoms with Crippen LogP contribution in [0.5, 0.6) is 40.2 Å². The highest BCUT2D eigenvalue weighted by Crippen LogP contribution is 2.42. The maximum atomic E-state index is 5.62. The monoisotopic (exact) mass is 736 g/mol. The Bertz CT molecular complexity index is 1930. The van der Waals surface area contributed by atoms with Crippen molar-refractivity contribution in [1.29, 1.82) is 0 Å². The maximum absolute atomic E-state index is 5.62. The SMILES string of the molecule is C.COc1ccc(N(Cc2cncc(-c3cc(OC)c(OC)c(OC)c3)c2)C2CCN(Cc3ccnc(-c4cc(OC)c(OC)c(OC)c4)c3)CC2)cc1. The minimum atomic E-state index is 0. The summed E-state index contributed by atoms with van der Waals surface area (Å²) in [6, 6.07) is 22.9. The number of methoxy groups -OCH3 is 7. The van der Waals surface area contributed by atoms with Crippen LogP contribution in [0.25, 0.3) is 22.4 Å². The summed E-state index contributed by atoms with van der Waals surface area (Å²) in [4.78, 5) is 14.3. The number of hydrogen-bond acceptors (Lipinski definition) is 11. The summed E-state index contributed by atoms with van der Waals surface area (Å²) in [5.74, 6) is 4.35. The third-order valence-corrected chi connectivity index (χ3v) is 9.74. The lowest BCUT2D eigenvalue weighted by atomic mass is 9.99. The highest BCUT2D eigenvalue weighted by atomic mass is 16.5. The number of ether oxygens (including phenoxy) is 7. The van der Waals surface area contributed by atoms with Crippen LogP contribution in [0.2, 0.25) is 0 Å². The lowest BCUT2D eigenvalue weighted by Crippen LogP contribution is -2.44. The Balaban J connectivity index is 0.00000561. The van der Waals surface area contributed by atoms with E-state index in [9.17, 15) is 0 Å². The second-order valence-corrected chi connectivity index (χ2v) is 12.8. The van der Waals surface area contributed by atoms with Crippen LogP contribution in [0.1, 0.15) is 31.4 Å². The second-order valence-electron chi connectivity index (χ2n) is 12.8. The quantitative estimate of drug-likeness (QED) is 0.104. The molecule has 11 heteroatoms. The molecule has 54 heavy (non-hydrogen) atoms. The summed E-state index contributed by atoms with van der Waals surface area (Å²) in [5, 5.41) is 0. The summed E-state index contributed by atoms with van der Waals surface area (Å²) in [6.07, 6.45) is 7.70. The molecule has 3 aromatic carbocycles. The Morgan fingerprint density at radius 2 is 1.19 bits per heavy atom. The third-order valence-electron chi connectivity index (χ3n) is 9.74. The summed E-state index contributed by atoms with van der Waals surface area (Å²) >= 11 is 0. The molecule has 0 radical (unpaired) electrons. The zero-order valence-corrected chi connectivity index (χ0v) is 31.5. The van der Waals surface area contributed by atoms with Gasteiger partial charge in [0.05, 0.1) is 55.5 Å². The van der Waals surface area contributed by atoms with E-state index in [0.717, 1.165) is 71.9 Å². The average molecular weight is 737 g/mol. The van der Waals surface area contributed by atoms with Gasteiger partial charge < -0.3 is 38.1 Å². The van der Waals surface area contributed by atoms with Gasteiger partial charge in [0.15, 0.2) is 23.0 Å². The van der Waals surface area contributed by atoms with E-state index in [4.69, 9.17) is 33.2 Å². The molecule has 0 atom stereocenters. The van der Waals surface area contributed by atoms with Crippen LogP contribution >= 0.6 is 0 Å². The largest absolute Gasteiger partial charge is 0.497 e. The van der Waals surface area contributed by atoms with Crippen LogP contribution < -0.4 is 38.1 Å². The van der Waals surface area contributed by atoms with Gasteiger partial charge in [0.2, 0.25) is 11.5 Å². The summed E-state index contributed by atoms with van der Waals surface area (Å²) in [7, 11) is 11.4. The van der Waals surface area contributed by atoms with Crippen molar-refractivity contribution in [3.05, 3.63) is 96.4 Å². The van der Waals surface area contributed by atoms with Crippen LogP contribution in [0.15, 0.2) is 85.3 Å². The molecule has 1 saturated heterocycles. The van der Waals surface area contributed by atoms with Crippen molar-refractivity contribution in [2.45, 2.75) is 39.4 Å². The van der Waals surface area contributed by atoms with Gasteiger partial charge in [-0.15, -0.1) is 0 Å². The molecule has 6 rings (SSSR count). The molecular formula is C43H52N4O7. The van der Waals surface area contributed by atoms with Gasteiger partial charge in [0, 0.05) is 67.6 Å². The fourth-order valence-electron chi connectivity index (χ4n) is 6.99. The number of rotatable bonds is 15. The number of piperidine rings is 1. The van der Waals surface area contributed by atoms with Crippen LogP contribution in [0, 0.1) is 0 Å². The molecule has 0 aliphatic carbocycles. The van der Waals surface area contributed by atoms with Crippen molar-refractivity contribution in [2.24, 2.45) is 0 Å². The fourth-order valence-corrected chi connectivity index (χ4v) is 6.99. The molecular weight excluding hydrogens is 684 g/mol. The van der Waals surface area contributed by atoms with Gasteiger partial charge in [-0.2, -0.15) is 0 Å². The van der Waals surface area contributed by atoms with Gasteiger partial charge in [-0.3, -0.25) is 14.9 Å². The highest BCUT2D eigenvalue weighted by Gasteiger charge is 2.26. The van der Waals surface area contributed by atoms with E-state index in [1.807, 2.05) is 55.0 Å². The molecule has 2 aromatic heterocycles. The molecule has 3 heterocycles. The first-order chi connectivity index (χ1) is 25.9. The van der Waals surface area contributed by atoms with Crippen molar-refractivity contribution in [2.75, 3.05) is 67.8 Å². The lowest BCUT2D eigenvalue weighted by Gasteiger charge is -2.40. The first-order valence-electron chi connectivity index (χ1n) is 17.5. The molecule has 0 amide bonds. The predicted molar refractivity (Wildman–Crippen MR) is 213 cm³/mol. The van der Waals surface area contributed by atoms with E-state index >= 15 is 0 Å². The smallest absolute Gasteiger partial charge is 0.203 e. The van der Waals surface area contributed by atoms with Crippen LogP contribution in [0.3, 0.4) is 0 Å². The lowest BCUT2D eigenvalue weighted by molar-refractivity contribution is 0.201. The van der Waals surface area contributed by atoms with E-state index in [2.05, 4.69) is 50.1 Å². The van der Waals surface area contributed by atoms with Crippen molar-refractivity contribution >= 4 is 5.69 Å². The van der Waals surface area contributed by atoms with Crippen molar-refractivity contribution in [3.8, 4) is 62.6 Å². The van der Waals surface area contributed by atoms with E-state index in [-0.39, 0.29) is 7.43 Å². The number of likely N-dealkylation sites (tertiary alicyclic amines) is 1. The summed E-state index contributed by atoms with van der Waals surface area (Å²) < 4.78 is 39.0. The molecule has 1 aliphatic heterocycles. The Labute approximate surface area is 319 Å². The van der Waals surface area contributed by atoms with Crippen molar-refractivity contribution in [1.82, 2.24) is 14.9 Å². The van der Waals surface area contributed by atoms with Gasteiger partial charge in [-0.05, 0) is 96.3 Å². The minimum absolute atomic E-state index is 0.